The third-order valence-corrected chi connectivity index (χ3v) is 3.34. The summed E-state index contributed by atoms with van der Waals surface area (Å²) < 4.78 is 17.8. The van der Waals surface area contributed by atoms with Crippen LogP contribution in [-0.2, 0) is 11.8 Å². The van der Waals surface area contributed by atoms with Crippen LogP contribution in [0.4, 0.5) is 0 Å². The summed E-state index contributed by atoms with van der Waals surface area (Å²) in [4.78, 5) is 16.1. The fourth-order valence-corrected chi connectivity index (χ4v) is 2.22. The SMILES string of the molecule is COc1ccccc1OCC(=O)Oc1ccc2c(c1)ncn2C. The molecule has 0 saturated carbocycles. The van der Waals surface area contributed by atoms with E-state index in [1.54, 1.807) is 43.8 Å². The Morgan fingerprint density at radius 1 is 1.17 bits per heavy atom. The van der Waals surface area contributed by atoms with Crippen LogP contribution in [0, 0.1) is 0 Å². The molecule has 0 N–H and O–H groups in total. The maximum Gasteiger partial charge on any atom is 0.349 e. The first-order valence-electron chi connectivity index (χ1n) is 7.05. The van der Waals surface area contributed by atoms with E-state index in [-0.39, 0.29) is 6.61 Å². The van der Waals surface area contributed by atoms with E-state index in [0.29, 0.717) is 17.2 Å². The van der Waals surface area contributed by atoms with Crippen LogP contribution in [0.15, 0.2) is 48.8 Å². The van der Waals surface area contributed by atoms with E-state index >= 15 is 0 Å². The molecule has 6 nitrogen and oxygen atoms in total. The lowest BCUT2D eigenvalue weighted by Gasteiger charge is -2.10. The number of esters is 1. The van der Waals surface area contributed by atoms with Gasteiger partial charge in [-0.25, -0.2) is 9.78 Å². The van der Waals surface area contributed by atoms with Crippen LogP contribution in [0.2, 0.25) is 0 Å². The second-order valence-electron chi connectivity index (χ2n) is 4.92. The van der Waals surface area contributed by atoms with E-state index < -0.39 is 5.97 Å². The number of hydrogen-bond acceptors (Lipinski definition) is 5. The molecule has 0 aliphatic heterocycles. The zero-order chi connectivity index (χ0) is 16.2. The highest BCUT2D eigenvalue weighted by Gasteiger charge is 2.10. The third-order valence-electron chi connectivity index (χ3n) is 3.34. The maximum absolute atomic E-state index is 11.9. The van der Waals surface area contributed by atoms with Crippen molar-refractivity contribution in [1.82, 2.24) is 9.55 Å². The number of imidazole rings is 1. The highest BCUT2D eigenvalue weighted by atomic mass is 16.6. The molecule has 3 rings (SSSR count). The summed E-state index contributed by atoms with van der Waals surface area (Å²) >= 11 is 0. The Bertz CT molecular complexity index is 841. The largest absolute Gasteiger partial charge is 0.493 e. The first-order valence-corrected chi connectivity index (χ1v) is 7.05. The number of carbonyl (C=O) groups excluding carboxylic acids is 1. The summed E-state index contributed by atoms with van der Waals surface area (Å²) in [7, 11) is 3.45. The monoisotopic (exact) mass is 312 g/mol. The Labute approximate surface area is 133 Å². The Hall–Kier alpha value is -3.02. The fraction of sp³-hybridized carbons (Fsp3) is 0.176. The van der Waals surface area contributed by atoms with Crippen molar-refractivity contribution in [2.75, 3.05) is 13.7 Å². The molecule has 0 aliphatic rings. The first kappa shape index (κ1) is 14.9. The standard InChI is InChI=1S/C17H16N2O4/c1-19-11-18-13-9-12(7-8-14(13)19)23-17(20)10-22-16-6-4-3-5-15(16)21-2/h3-9,11H,10H2,1-2H3. The van der Waals surface area contributed by atoms with Gasteiger partial charge in [0.2, 0.25) is 0 Å². The summed E-state index contributed by atoms with van der Waals surface area (Å²) in [5, 5.41) is 0. The van der Waals surface area contributed by atoms with Crippen LogP contribution in [0.5, 0.6) is 17.2 Å². The molecule has 0 spiro atoms. The molecule has 0 bridgehead atoms. The molecule has 0 atom stereocenters. The van der Waals surface area contributed by atoms with Gasteiger partial charge in [-0.3, -0.25) is 0 Å². The normalized spacial score (nSPS) is 10.5. The molecule has 0 amide bonds. The van der Waals surface area contributed by atoms with Crippen molar-refractivity contribution in [3.8, 4) is 17.2 Å². The van der Waals surface area contributed by atoms with Crippen LogP contribution in [0.25, 0.3) is 11.0 Å². The molecular weight excluding hydrogens is 296 g/mol. The molecule has 6 heteroatoms. The van der Waals surface area contributed by atoms with Crippen molar-refractivity contribution in [3.05, 3.63) is 48.8 Å². The topological polar surface area (TPSA) is 62.6 Å². The Morgan fingerprint density at radius 3 is 2.74 bits per heavy atom. The molecule has 0 aliphatic carbocycles. The highest BCUT2D eigenvalue weighted by Crippen LogP contribution is 2.25. The van der Waals surface area contributed by atoms with Crippen molar-refractivity contribution >= 4 is 17.0 Å². The fourth-order valence-electron chi connectivity index (χ4n) is 2.22. The first-order chi connectivity index (χ1) is 11.2. The van der Waals surface area contributed by atoms with Gasteiger partial charge in [0.05, 0.1) is 24.5 Å². The minimum atomic E-state index is -0.494. The van der Waals surface area contributed by atoms with E-state index in [9.17, 15) is 4.79 Å². The van der Waals surface area contributed by atoms with Gasteiger partial charge in [-0.2, -0.15) is 0 Å². The zero-order valence-electron chi connectivity index (χ0n) is 12.9. The summed E-state index contributed by atoms with van der Waals surface area (Å²) in [6, 6.07) is 12.4. The highest BCUT2D eigenvalue weighted by molar-refractivity contribution is 5.79. The second-order valence-corrected chi connectivity index (χ2v) is 4.92. The lowest BCUT2D eigenvalue weighted by Crippen LogP contribution is -2.17. The van der Waals surface area contributed by atoms with E-state index in [1.807, 2.05) is 23.7 Å². The van der Waals surface area contributed by atoms with E-state index in [1.165, 1.54) is 0 Å². The van der Waals surface area contributed by atoms with Crippen LogP contribution in [0.1, 0.15) is 0 Å². The van der Waals surface area contributed by atoms with Crippen LogP contribution >= 0.6 is 0 Å². The quantitative estimate of drug-likeness (QED) is 0.535. The van der Waals surface area contributed by atoms with E-state index in [4.69, 9.17) is 14.2 Å². The molecule has 3 aromatic rings. The molecule has 0 saturated heterocycles. The molecule has 0 fully saturated rings. The van der Waals surface area contributed by atoms with Crippen molar-refractivity contribution in [2.45, 2.75) is 0 Å². The van der Waals surface area contributed by atoms with Gasteiger partial charge in [-0.15, -0.1) is 0 Å². The van der Waals surface area contributed by atoms with Crippen LogP contribution < -0.4 is 14.2 Å². The summed E-state index contributed by atoms with van der Waals surface area (Å²) in [6.07, 6.45) is 1.71. The minimum absolute atomic E-state index is 0.208. The van der Waals surface area contributed by atoms with Crippen molar-refractivity contribution < 1.29 is 19.0 Å². The van der Waals surface area contributed by atoms with Crippen LogP contribution in [-0.4, -0.2) is 29.2 Å². The number of ether oxygens (including phenoxy) is 3. The Balaban J connectivity index is 1.64. The van der Waals surface area contributed by atoms with E-state index in [0.717, 1.165) is 11.0 Å². The molecule has 118 valence electrons. The predicted molar refractivity (Wildman–Crippen MR) is 84.8 cm³/mol. The van der Waals surface area contributed by atoms with Gasteiger partial charge < -0.3 is 18.8 Å². The lowest BCUT2D eigenvalue weighted by atomic mass is 10.3. The molecule has 0 radical (unpaired) electrons. The molecule has 1 heterocycles. The molecule has 0 unspecified atom stereocenters. The van der Waals surface area contributed by atoms with Crippen LogP contribution in [0.3, 0.4) is 0 Å². The van der Waals surface area contributed by atoms with Gasteiger partial charge in [0.25, 0.3) is 0 Å². The number of para-hydroxylation sites is 2. The van der Waals surface area contributed by atoms with Gasteiger partial charge in [-0.1, -0.05) is 12.1 Å². The van der Waals surface area contributed by atoms with Crippen molar-refractivity contribution in [3.63, 3.8) is 0 Å². The van der Waals surface area contributed by atoms with Gasteiger partial charge in [0.1, 0.15) is 5.75 Å². The van der Waals surface area contributed by atoms with Crippen molar-refractivity contribution in [1.29, 1.82) is 0 Å². The number of aryl methyl sites for hydroxylation is 1. The lowest BCUT2D eigenvalue weighted by molar-refractivity contribution is -0.136. The summed E-state index contributed by atoms with van der Waals surface area (Å²) in [6.45, 7) is -0.208. The number of hydrogen-bond donors (Lipinski definition) is 0. The average Bonchev–Trinajstić information content (AvgIpc) is 2.94. The predicted octanol–water partition coefficient (Wildman–Crippen LogP) is 2.57. The van der Waals surface area contributed by atoms with Crippen molar-refractivity contribution in [2.24, 2.45) is 7.05 Å². The third kappa shape index (κ3) is 3.26. The smallest absolute Gasteiger partial charge is 0.349 e. The average molecular weight is 312 g/mol. The molecule has 1 aromatic heterocycles. The molecular formula is C17H16N2O4. The van der Waals surface area contributed by atoms with Gasteiger partial charge >= 0.3 is 5.97 Å². The van der Waals surface area contributed by atoms with Gasteiger partial charge in [0, 0.05) is 13.1 Å². The van der Waals surface area contributed by atoms with Gasteiger partial charge in [0.15, 0.2) is 18.1 Å². The zero-order valence-corrected chi connectivity index (χ0v) is 12.9. The second kappa shape index (κ2) is 6.39. The number of nitrogens with zero attached hydrogens (tertiary/aromatic N) is 2. The number of rotatable bonds is 5. The minimum Gasteiger partial charge on any atom is -0.493 e. The molecule has 2 aromatic carbocycles. The molecule has 23 heavy (non-hydrogen) atoms. The maximum atomic E-state index is 11.9. The summed E-state index contributed by atoms with van der Waals surface area (Å²) in [5.41, 5.74) is 1.73. The summed E-state index contributed by atoms with van der Waals surface area (Å²) in [5.74, 6) is 0.998. The number of fused-ring (bicyclic) bond motifs is 1. The number of methoxy groups -OCH3 is 1. The number of benzene rings is 2. The van der Waals surface area contributed by atoms with Gasteiger partial charge in [-0.05, 0) is 24.3 Å². The Morgan fingerprint density at radius 2 is 1.96 bits per heavy atom. The number of aromatic nitrogens is 2. The number of carbonyl (C=O) groups is 1. The van der Waals surface area contributed by atoms with E-state index in [2.05, 4.69) is 4.98 Å². The Kier molecular flexibility index (Phi) is 4.14.